The van der Waals surface area contributed by atoms with Crippen molar-refractivity contribution in [3.05, 3.63) is 47.6 Å². The van der Waals surface area contributed by atoms with Gasteiger partial charge >= 0.3 is 6.18 Å². The highest BCUT2D eigenvalue weighted by atomic mass is 19.4. The van der Waals surface area contributed by atoms with E-state index in [1.54, 1.807) is 7.11 Å². The molecule has 1 aliphatic carbocycles. The van der Waals surface area contributed by atoms with Crippen LogP contribution in [0.15, 0.2) is 40.9 Å². The van der Waals surface area contributed by atoms with Gasteiger partial charge in [0.25, 0.3) is 0 Å². The van der Waals surface area contributed by atoms with Gasteiger partial charge in [-0.2, -0.15) is 13.2 Å². The van der Waals surface area contributed by atoms with Gasteiger partial charge in [-0.3, -0.25) is 0 Å². The maximum absolute atomic E-state index is 13.9. The standard InChI is InChI=1S/C21H23F5N4O/c1-31-7-4-13-11-30(6-5-27-13)20-14-8-12(21(24,25)26)2-3-17(14)28-18-9-15(22)16(23)10-19(18)29-20/h2-3,8-10,13-14,17,27-28H,4-7,11H2,1H3/t13-,14?,17?/m0/s1. The van der Waals surface area contributed by atoms with E-state index in [1.807, 2.05) is 4.90 Å². The number of methoxy groups -OCH3 is 1. The molecular weight excluding hydrogens is 419 g/mol. The summed E-state index contributed by atoms with van der Waals surface area (Å²) in [6.45, 7) is 2.21. The summed E-state index contributed by atoms with van der Waals surface area (Å²) in [4.78, 5) is 6.48. The molecule has 2 unspecified atom stereocenters. The summed E-state index contributed by atoms with van der Waals surface area (Å²) in [5.74, 6) is -2.46. The summed E-state index contributed by atoms with van der Waals surface area (Å²) in [5, 5.41) is 6.40. The monoisotopic (exact) mass is 442 g/mol. The zero-order valence-electron chi connectivity index (χ0n) is 16.8. The Bertz CT molecular complexity index is 927. The summed E-state index contributed by atoms with van der Waals surface area (Å²) in [5.41, 5.74) is -0.369. The first-order valence-corrected chi connectivity index (χ1v) is 10.0. The molecule has 0 radical (unpaired) electrons. The number of benzene rings is 1. The molecule has 0 aromatic heterocycles. The van der Waals surface area contributed by atoms with Crippen molar-refractivity contribution in [2.24, 2.45) is 10.9 Å². The molecule has 0 bridgehead atoms. The number of hydrogen-bond acceptors (Lipinski definition) is 5. The van der Waals surface area contributed by atoms with Crippen LogP contribution in [0.25, 0.3) is 0 Å². The van der Waals surface area contributed by atoms with Crippen LogP contribution in [0.4, 0.5) is 33.3 Å². The number of nitrogens with one attached hydrogen (secondary N) is 2. The van der Waals surface area contributed by atoms with Crippen molar-refractivity contribution in [1.82, 2.24) is 10.2 Å². The number of nitrogens with zero attached hydrogens (tertiary/aromatic N) is 2. The van der Waals surface area contributed by atoms with E-state index in [0.29, 0.717) is 32.1 Å². The van der Waals surface area contributed by atoms with Crippen LogP contribution in [0.5, 0.6) is 0 Å². The average Bonchev–Trinajstić information content (AvgIpc) is 2.88. The van der Waals surface area contributed by atoms with Crippen molar-refractivity contribution >= 4 is 17.2 Å². The molecule has 1 saturated heterocycles. The molecule has 3 aliphatic rings. The average molecular weight is 442 g/mol. The molecule has 2 heterocycles. The smallest absolute Gasteiger partial charge is 0.385 e. The van der Waals surface area contributed by atoms with Crippen LogP contribution in [-0.4, -0.2) is 62.3 Å². The van der Waals surface area contributed by atoms with Gasteiger partial charge in [0.15, 0.2) is 11.6 Å². The van der Waals surface area contributed by atoms with E-state index in [9.17, 15) is 22.0 Å². The minimum absolute atomic E-state index is 0.0701. The number of halogens is 5. The molecule has 0 spiro atoms. The second kappa shape index (κ2) is 8.58. The Morgan fingerprint density at radius 3 is 2.74 bits per heavy atom. The number of hydrogen-bond donors (Lipinski definition) is 2. The lowest BCUT2D eigenvalue weighted by Crippen LogP contribution is -2.55. The van der Waals surface area contributed by atoms with Gasteiger partial charge in [0.05, 0.1) is 28.9 Å². The highest BCUT2D eigenvalue weighted by Crippen LogP contribution is 2.38. The Morgan fingerprint density at radius 2 is 2.00 bits per heavy atom. The number of fused-ring (bicyclic) bond motifs is 2. The second-order valence-corrected chi connectivity index (χ2v) is 7.81. The van der Waals surface area contributed by atoms with E-state index in [4.69, 9.17) is 4.74 Å². The first-order valence-electron chi connectivity index (χ1n) is 10.0. The topological polar surface area (TPSA) is 48.9 Å². The van der Waals surface area contributed by atoms with Crippen LogP contribution in [-0.2, 0) is 4.74 Å². The van der Waals surface area contributed by atoms with Crippen molar-refractivity contribution < 1.29 is 26.7 Å². The fourth-order valence-electron chi connectivity index (χ4n) is 4.13. The number of alkyl halides is 3. The van der Waals surface area contributed by atoms with Crippen LogP contribution in [0.1, 0.15) is 6.42 Å². The summed E-state index contributed by atoms with van der Waals surface area (Å²) in [6.07, 6.45) is -0.220. The largest absolute Gasteiger partial charge is 0.416 e. The van der Waals surface area contributed by atoms with Gasteiger partial charge in [0, 0.05) is 51.5 Å². The first kappa shape index (κ1) is 21.8. The lowest BCUT2D eigenvalue weighted by molar-refractivity contribution is -0.0888. The van der Waals surface area contributed by atoms with Crippen molar-refractivity contribution in [3.8, 4) is 0 Å². The van der Waals surface area contributed by atoms with Crippen molar-refractivity contribution in [2.75, 3.05) is 38.7 Å². The third kappa shape index (κ3) is 4.59. The summed E-state index contributed by atoms with van der Waals surface area (Å²) < 4.78 is 73.2. The number of piperazine rings is 1. The predicted molar refractivity (Wildman–Crippen MR) is 107 cm³/mol. The predicted octanol–water partition coefficient (Wildman–Crippen LogP) is 3.77. The Hall–Kier alpha value is -2.46. The van der Waals surface area contributed by atoms with E-state index in [-0.39, 0.29) is 17.4 Å². The Kier molecular flexibility index (Phi) is 6.02. The molecule has 0 saturated carbocycles. The molecule has 5 nitrogen and oxygen atoms in total. The quantitative estimate of drug-likeness (QED) is 0.700. The highest BCUT2D eigenvalue weighted by Gasteiger charge is 2.40. The summed E-state index contributed by atoms with van der Waals surface area (Å²) in [7, 11) is 1.61. The van der Waals surface area contributed by atoms with Gasteiger partial charge in [-0.25, -0.2) is 13.8 Å². The number of amidine groups is 1. The van der Waals surface area contributed by atoms with Crippen molar-refractivity contribution in [1.29, 1.82) is 0 Å². The van der Waals surface area contributed by atoms with Gasteiger partial charge in [0.2, 0.25) is 0 Å². The third-order valence-electron chi connectivity index (χ3n) is 5.70. The van der Waals surface area contributed by atoms with E-state index in [1.165, 1.54) is 6.08 Å². The van der Waals surface area contributed by atoms with Crippen LogP contribution in [0.2, 0.25) is 0 Å². The van der Waals surface area contributed by atoms with Crippen molar-refractivity contribution in [2.45, 2.75) is 24.7 Å². The van der Waals surface area contributed by atoms with Gasteiger partial charge in [0.1, 0.15) is 5.84 Å². The molecule has 2 N–H and O–H groups in total. The molecular formula is C21H23F5N4O. The van der Waals surface area contributed by atoms with Crippen LogP contribution in [0.3, 0.4) is 0 Å². The maximum atomic E-state index is 13.9. The van der Waals surface area contributed by atoms with Gasteiger partial charge in [-0.05, 0) is 6.42 Å². The molecule has 10 heteroatoms. The molecule has 1 aromatic rings. The van der Waals surface area contributed by atoms with Gasteiger partial charge in [-0.1, -0.05) is 18.2 Å². The SMILES string of the molecule is COCC[C@H]1CN(C2=Nc3cc(F)c(F)cc3NC3C=CC(C(F)(F)F)=CC23)CCN1. The zero-order valence-corrected chi connectivity index (χ0v) is 16.8. The Balaban J connectivity index is 1.75. The minimum atomic E-state index is -4.51. The third-order valence-corrected chi connectivity index (χ3v) is 5.70. The molecule has 1 fully saturated rings. The van der Waals surface area contributed by atoms with Crippen LogP contribution < -0.4 is 10.6 Å². The number of aliphatic imine (C=N–C) groups is 1. The molecule has 31 heavy (non-hydrogen) atoms. The minimum Gasteiger partial charge on any atom is -0.385 e. The summed E-state index contributed by atoms with van der Waals surface area (Å²) >= 11 is 0. The molecule has 2 aliphatic heterocycles. The van der Waals surface area contributed by atoms with E-state index in [0.717, 1.165) is 30.7 Å². The Morgan fingerprint density at radius 1 is 1.23 bits per heavy atom. The van der Waals surface area contributed by atoms with Crippen LogP contribution in [0, 0.1) is 17.6 Å². The summed E-state index contributed by atoms with van der Waals surface area (Å²) in [6, 6.07) is 1.45. The number of rotatable bonds is 3. The second-order valence-electron chi connectivity index (χ2n) is 7.81. The van der Waals surface area contributed by atoms with E-state index >= 15 is 0 Å². The molecule has 0 amide bonds. The van der Waals surface area contributed by atoms with Crippen LogP contribution >= 0.6 is 0 Å². The number of allylic oxidation sites excluding steroid dienone is 2. The van der Waals surface area contributed by atoms with E-state index in [2.05, 4.69) is 15.6 Å². The first-order chi connectivity index (χ1) is 14.8. The highest BCUT2D eigenvalue weighted by molar-refractivity contribution is 5.93. The number of anilines is 1. The van der Waals surface area contributed by atoms with Gasteiger partial charge in [-0.15, -0.1) is 0 Å². The van der Waals surface area contributed by atoms with Gasteiger partial charge < -0.3 is 20.3 Å². The van der Waals surface area contributed by atoms with Crippen molar-refractivity contribution in [3.63, 3.8) is 0 Å². The molecule has 4 rings (SSSR count). The molecule has 168 valence electrons. The van der Waals surface area contributed by atoms with E-state index < -0.39 is 35.3 Å². The number of ether oxygens (including phenoxy) is 1. The molecule has 1 aromatic carbocycles. The molecule has 3 atom stereocenters. The Labute approximate surface area is 176 Å². The zero-order chi connectivity index (χ0) is 22.2. The lowest BCUT2D eigenvalue weighted by atomic mass is 9.89. The lowest BCUT2D eigenvalue weighted by Gasteiger charge is -2.39. The fraction of sp³-hybridized carbons (Fsp3) is 0.476. The normalized spacial score (nSPS) is 25.7. The maximum Gasteiger partial charge on any atom is 0.416 e. The fourth-order valence-corrected chi connectivity index (χ4v) is 4.13.